The molecule has 0 radical (unpaired) electrons. The number of nitrogens with zero attached hydrogens (tertiary/aromatic N) is 3. The Kier molecular flexibility index (Phi) is 6.39. The van der Waals surface area contributed by atoms with Crippen molar-refractivity contribution in [2.75, 3.05) is 11.2 Å². The zero-order chi connectivity index (χ0) is 21.9. The van der Waals surface area contributed by atoms with Crippen molar-refractivity contribution in [1.82, 2.24) is 14.9 Å². The fourth-order valence-corrected chi connectivity index (χ4v) is 3.81. The molecular formula is C18H19FN6O3S2. The summed E-state index contributed by atoms with van der Waals surface area (Å²) in [5, 5.41) is 15.4. The molecule has 0 aliphatic rings. The molecule has 1 aromatic heterocycles. The van der Waals surface area contributed by atoms with Gasteiger partial charge in [0.1, 0.15) is 5.82 Å². The number of thioether (sulfide) groups is 1. The van der Waals surface area contributed by atoms with E-state index >= 15 is 0 Å². The van der Waals surface area contributed by atoms with Crippen molar-refractivity contribution < 1.29 is 17.6 Å². The second kappa shape index (κ2) is 8.81. The summed E-state index contributed by atoms with van der Waals surface area (Å²) in [6.07, 6.45) is 0.160. The van der Waals surface area contributed by atoms with Gasteiger partial charge in [-0.25, -0.2) is 22.6 Å². The highest BCUT2D eigenvalue weighted by molar-refractivity contribution is 8.00. The zero-order valence-electron chi connectivity index (χ0n) is 15.8. The number of anilines is 1. The summed E-state index contributed by atoms with van der Waals surface area (Å²) < 4.78 is 37.6. The molecule has 5 N–H and O–H groups in total. The Labute approximate surface area is 176 Å². The average molecular weight is 451 g/mol. The number of hydrogen-bond donors (Lipinski definition) is 3. The van der Waals surface area contributed by atoms with Crippen LogP contribution < -0.4 is 16.3 Å². The van der Waals surface area contributed by atoms with E-state index in [9.17, 15) is 17.6 Å². The van der Waals surface area contributed by atoms with E-state index in [4.69, 9.17) is 11.0 Å². The summed E-state index contributed by atoms with van der Waals surface area (Å²) in [5.74, 6) is 5.65. The molecule has 1 amide bonds. The molecule has 1 atom stereocenters. The number of rotatable bonds is 7. The molecule has 158 valence electrons. The lowest BCUT2D eigenvalue weighted by Gasteiger charge is -2.12. The first-order valence-electron chi connectivity index (χ1n) is 8.68. The molecule has 0 spiro atoms. The number of hydrogen-bond acceptors (Lipinski definition) is 7. The van der Waals surface area contributed by atoms with Gasteiger partial charge in [0.15, 0.2) is 5.82 Å². The minimum atomic E-state index is -3.81. The highest BCUT2D eigenvalue weighted by Gasteiger charge is 2.20. The molecule has 1 heterocycles. The number of amides is 1. The van der Waals surface area contributed by atoms with Crippen LogP contribution in [0.25, 0.3) is 0 Å². The van der Waals surface area contributed by atoms with Gasteiger partial charge in [-0.3, -0.25) is 4.79 Å². The van der Waals surface area contributed by atoms with Crippen molar-refractivity contribution in [3.05, 3.63) is 65.7 Å². The smallest absolute Gasteiger partial charge is 0.238 e. The highest BCUT2D eigenvalue weighted by Crippen LogP contribution is 2.23. The molecule has 0 fully saturated rings. The number of nitrogens with two attached hydrogens (primary N) is 2. The third-order valence-electron chi connectivity index (χ3n) is 4.14. The molecule has 3 aromatic rings. The molecule has 30 heavy (non-hydrogen) atoms. The van der Waals surface area contributed by atoms with Crippen molar-refractivity contribution in [2.45, 2.75) is 28.6 Å². The van der Waals surface area contributed by atoms with Crippen LogP contribution in [0.5, 0.6) is 0 Å². The maximum absolute atomic E-state index is 13.8. The van der Waals surface area contributed by atoms with Gasteiger partial charge in [-0.1, -0.05) is 30.0 Å². The number of carbonyl (C=O) groups excluding carboxylic acids is 1. The monoisotopic (exact) mass is 450 g/mol. The van der Waals surface area contributed by atoms with Crippen LogP contribution in [0.1, 0.15) is 18.3 Å². The van der Waals surface area contributed by atoms with Crippen molar-refractivity contribution in [3.8, 4) is 0 Å². The molecule has 0 bridgehead atoms. The van der Waals surface area contributed by atoms with Gasteiger partial charge < -0.3 is 11.2 Å². The maximum atomic E-state index is 13.8. The van der Waals surface area contributed by atoms with Gasteiger partial charge in [0.05, 0.1) is 10.1 Å². The van der Waals surface area contributed by atoms with E-state index in [0.717, 1.165) is 11.8 Å². The van der Waals surface area contributed by atoms with Crippen molar-refractivity contribution in [2.24, 2.45) is 5.14 Å². The summed E-state index contributed by atoms with van der Waals surface area (Å²) in [5.41, 5.74) is 0.844. The lowest BCUT2D eigenvalue weighted by molar-refractivity contribution is -0.115. The van der Waals surface area contributed by atoms with Gasteiger partial charge in [-0.05, 0) is 42.8 Å². The largest absolute Gasteiger partial charge is 0.336 e. The minimum Gasteiger partial charge on any atom is -0.336 e. The first kappa shape index (κ1) is 21.7. The number of primary sulfonamides is 1. The third kappa shape index (κ3) is 5.14. The van der Waals surface area contributed by atoms with Gasteiger partial charge in [0.25, 0.3) is 0 Å². The highest BCUT2D eigenvalue weighted by atomic mass is 32.2. The Morgan fingerprint density at radius 1 is 1.20 bits per heavy atom. The SMILES string of the molecule is C[C@@H](Sc1nnc(Cc2ccccc2F)n1N)C(=O)Nc1ccc(S(N)(=O)=O)cc1. The third-order valence-corrected chi connectivity index (χ3v) is 6.13. The van der Waals surface area contributed by atoms with Crippen LogP contribution in [0.4, 0.5) is 10.1 Å². The zero-order valence-corrected chi connectivity index (χ0v) is 17.5. The van der Waals surface area contributed by atoms with E-state index < -0.39 is 15.3 Å². The van der Waals surface area contributed by atoms with E-state index in [-0.39, 0.29) is 23.0 Å². The lowest BCUT2D eigenvalue weighted by atomic mass is 10.1. The maximum Gasteiger partial charge on any atom is 0.238 e. The summed E-state index contributed by atoms with van der Waals surface area (Å²) in [4.78, 5) is 12.4. The van der Waals surface area contributed by atoms with Crippen LogP contribution in [-0.4, -0.2) is 34.4 Å². The fraction of sp³-hybridized carbons (Fsp3) is 0.167. The topological polar surface area (TPSA) is 146 Å². The predicted molar refractivity (Wildman–Crippen MR) is 111 cm³/mol. The van der Waals surface area contributed by atoms with Crippen LogP contribution >= 0.6 is 11.8 Å². The van der Waals surface area contributed by atoms with E-state index in [1.807, 2.05) is 0 Å². The van der Waals surface area contributed by atoms with E-state index in [1.54, 1.807) is 25.1 Å². The second-order valence-electron chi connectivity index (χ2n) is 6.36. The Balaban J connectivity index is 1.64. The van der Waals surface area contributed by atoms with Gasteiger partial charge in [0, 0.05) is 12.1 Å². The fourth-order valence-electron chi connectivity index (χ4n) is 2.50. The van der Waals surface area contributed by atoms with Crippen LogP contribution in [0.2, 0.25) is 0 Å². The Hall–Kier alpha value is -2.96. The Bertz CT molecular complexity index is 1160. The van der Waals surface area contributed by atoms with E-state index in [0.29, 0.717) is 22.2 Å². The van der Waals surface area contributed by atoms with Crippen LogP contribution in [0.15, 0.2) is 58.6 Å². The number of benzene rings is 2. The van der Waals surface area contributed by atoms with Gasteiger partial charge in [-0.2, -0.15) is 0 Å². The molecular weight excluding hydrogens is 431 g/mol. The van der Waals surface area contributed by atoms with Crippen molar-refractivity contribution >= 4 is 33.4 Å². The second-order valence-corrected chi connectivity index (χ2v) is 9.23. The molecule has 2 aromatic carbocycles. The van der Waals surface area contributed by atoms with E-state index in [2.05, 4.69) is 15.5 Å². The molecule has 0 aliphatic heterocycles. The molecule has 0 saturated heterocycles. The number of nitrogen functional groups attached to an aromatic ring is 1. The van der Waals surface area contributed by atoms with Crippen LogP contribution in [-0.2, 0) is 21.2 Å². The summed E-state index contributed by atoms with van der Waals surface area (Å²) in [6.45, 7) is 1.66. The number of aromatic nitrogens is 3. The van der Waals surface area contributed by atoms with Crippen molar-refractivity contribution in [3.63, 3.8) is 0 Å². The number of carbonyl (C=O) groups is 1. The Morgan fingerprint density at radius 2 is 1.87 bits per heavy atom. The van der Waals surface area contributed by atoms with Crippen molar-refractivity contribution in [1.29, 1.82) is 0 Å². The number of nitrogens with one attached hydrogen (secondary N) is 1. The Morgan fingerprint density at radius 3 is 2.50 bits per heavy atom. The molecule has 0 saturated carbocycles. The van der Waals surface area contributed by atoms with Crippen LogP contribution in [0, 0.1) is 5.82 Å². The molecule has 9 nitrogen and oxygen atoms in total. The van der Waals surface area contributed by atoms with Gasteiger partial charge >= 0.3 is 0 Å². The summed E-state index contributed by atoms with van der Waals surface area (Å²) >= 11 is 1.08. The van der Waals surface area contributed by atoms with Gasteiger partial charge in [-0.15, -0.1) is 10.2 Å². The predicted octanol–water partition coefficient (Wildman–Crippen LogP) is 1.49. The molecule has 12 heteroatoms. The molecule has 0 aliphatic carbocycles. The normalized spacial score (nSPS) is 12.5. The minimum absolute atomic E-state index is 0.0541. The lowest BCUT2D eigenvalue weighted by Crippen LogP contribution is -2.24. The summed E-state index contributed by atoms with van der Waals surface area (Å²) in [7, 11) is -3.81. The standard InChI is InChI=1S/C18H19FN6O3S2/c1-11(17(26)22-13-6-8-14(9-7-13)30(21,27)28)29-18-24-23-16(25(18)20)10-12-4-2-3-5-15(12)19/h2-9,11H,10,20H2,1H3,(H,22,26)(H2,21,27,28)/t11-/m1/s1. The molecule has 3 rings (SSSR count). The number of sulfonamides is 1. The first-order valence-corrected chi connectivity index (χ1v) is 11.1. The van der Waals surface area contributed by atoms with Crippen LogP contribution in [0.3, 0.4) is 0 Å². The first-order chi connectivity index (χ1) is 14.1. The summed E-state index contributed by atoms with van der Waals surface area (Å²) in [6, 6.07) is 11.8. The van der Waals surface area contributed by atoms with Gasteiger partial charge in [0.2, 0.25) is 21.1 Å². The number of halogens is 1. The van der Waals surface area contributed by atoms with E-state index in [1.165, 1.54) is 35.0 Å². The molecule has 0 unspecified atom stereocenters. The quantitative estimate of drug-likeness (QED) is 0.365. The average Bonchev–Trinajstić information content (AvgIpc) is 3.03.